The third kappa shape index (κ3) is 2.89. The lowest BCUT2D eigenvalue weighted by molar-refractivity contribution is 0.414. The van der Waals surface area contributed by atoms with E-state index in [1.807, 2.05) is 14.1 Å². The van der Waals surface area contributed by atoms with Crippen LogP contribution >= 0.6 is 0 Å². The molecule has 0 atom stereocenters. The van der Waals surface area contributed by atoms with Gasteiger partial charge >= 0.3 is 0 Å². The molecule has 0 fully saturated rings. The fourth-order valence-corrected chi connectivity index (χ4v) is 1.69. The van der Waals surface area contributed by atoms with Crippen LogP contribution in [0.3, 0.4) is 0 Å². The highest BCUT2D eigenvalue weighted by atomic mass is 16.5. The number of hydrogen-bond acceptors (Lipinski definition) is 3. The monoisotopic (exact) mass is 222 g/mol. The van der Waals surface area contributed by atoms with Crippen molar-refractivity contribution in [3.63, 3.8) is 0 Å². The molecule has 1 aromatic rings. The summed E-state index contributed by atoms with van der Waals surface area (Å²) >= 11 is 0. The van der Waals surface area contributed by atoms with E-state index in [-0.39, 0.29) is 0 Å². The van der Waals surface area contributed by atoms with E-state index in [2.05, 4.69) is 42.3 Å². The van der Waals surface area contributed by atoms with Crippen LogP contribution in [0, 0.1) is 0 Å². The molecule has 0 bridgehead atoms. The van der Waals surface area contributed by atoms with Gasteiger partial charge in [0, 0.05) is 7.05 Å². The molecule has 0 aliphatic heterocycles. The molecule has 16 heavy (non-hydrogen) atoms. The number of ether oxygens (including phenoxy) is 1. The summed E-state index contributed by atoms with van der Waals surface area (Å²) in [6, 6.07) is 6.40. The van der Waals surface area contributed by atoms with E-state index in [4.69, 9.17) is 4.74 Å². The van der Waals surface area contributed by atoms with Crippen LogP contribution in [-0.2, 0) is 0 Å². The van der Waals surface area contributed by atoms with Crippen molar-refractivity contribution < 1.29 is 4.74 Å². The summed E-state index contributed by atoms with van der Waals surface area (Å²) in [5, 5.41) is 3.13. The minimum atomic E-state index is 0.526. The quantitative estimate of drug-likeness (QED) is 0.774. The van der Waals surface area contributed by atoms with Gasteiger partial charge in [-0.05, 0) is 30.7 Å². The van der Waals surface area contributed by atoms with E-state index in [0.29, 0.717) is 5.92 Å². The number of methoxy groups -OCH3 is 1. The number of nitrogens with zero attached hydrogens (tertiary/aromatic N) is 1. The lowest BCUT2D eigenvalue weighted by Crippen LogP contribution is -2.28. The first-order valence-corrected chi connectivity index (χ1v) is 5.63. The molecule has 0 amide bonds. The summed E-state index contributed by atoms with van der Waals surface area (Å²) in [6.45, 7) is 5.18. The highest BCUT2D eigenvalue weighted by molar-refractivity contribution is 5.59. The Hall–Kier alpha value is -1.22. The minimum Gasteiger partial charge on any atom is -0.495 e. The molecular weight excluding hydrogens is 200 g/mol. The molecule has 1 rings (SSSR count). The predicted octanol–water partition coefficient (Wildman–Crippen LogP) is 2.43. The first-order chi connectivity index (χ1) is 7.60. The SMILES string of the molecule is CNCN(C)c1ccc(C(C)C)cc1OC. The van der Waals surface area contributed by atoms with Crippen molar-refractivity contribution in [2.45, 2.75) is 19.8 Å². The maximum atomic E-state index is 5.43. The molecule has 0 heterocycles. The Morgan fingerprint density at radius 2 is 2.06 bits per heavy atom. The zero-order chi connectivity index (χ0) is 12.1. The Labute approximate surface area is 98.4 Å². The number of anilines is 1. The molecule has 0 aliphatic carbocycles. The summed E-state index contributed by atoms with van der Waals surface area (Å²) in [5.74, 6) is 1.46. The van der Waals surface area contributed by atoms with Gasteiger partial charge in [-0.25, -0.2) is 0 Å². The lowest BCUT2D eigenvalue weighted by Gasteiger charge is -2.22. The highest BCUT2D eigenvalue weighted by Crippen LogP contribution is 2.30. The number of benzene rings is 1. The second-order valence-electron chi connectivity index (χ2n) is 4.30. The Bertz CT molecular complexity index is 337. The van der Waals surface area contributed by atoms with E-state index in [1.54, 1.807) is 7.11 Å². The van der Waals surface area contributed by atoms with Crippen molar-refractivity contribution in [2.75, 3.05) is 32.8 Å². The van der Waals surface area contributed by atoms with Gasteiger partial charge in [0.1, 0.15) is 5.75 Å². The van der Waals surface area contributed by atoms with Crippen LogP contribution in [0.2, 0.25) is 0 Å². The number of nitrogens with one attached hydrogen (secondary N) is 1. The van der Waals surface area contributed by atoms with Crippen LogP contribution in [-0.4, -0.2) is 27.9 Å². The Morgan fingerprint density at radius 1 is 1.38 bits per heavy atom. The molecule has 1 aromatic carbocycles. The van der Waals surface area contributed by atoms with Gasteiger partial charge in [-0.15, -0.1) is 0 Å². The van der Waals surface area contributed by atoms with Gasteiger partial charge in [0.2, 0.25) is 0 Å². The molecule has 3 nitrogen and oxygen atoms in total. The van der Waals surface area contributed by atoms with Crippen molar-refractivity contribution in [1.82, 2.24) is 5.32 Å². The number of hydrogen-bond donors (Lipinski definition) is 1. The van der Waals surface area contributed by atoms with Gasteiger partial charge in [-0.3, -0.25) is 0 Å². The third-order valence-electron chi connectivity index (χ3n) is 2.68. The predicted molar refractivity (Wildman–Crippen MR) is 69.4 cm³/mol. The number of rotatable bonds is 5. The van der Waals surface area contributed by atoms with Gasteiger partial charge < -0.3 is 15.0 Å². The second-order valence-corrected chi connectivity index (χ2v) is 4.30. The Balaban J connectivity index is 3.01. The van der Waals surface area contributed by atoms with Crippen molar-refractivity contribution >= 4 is 5.69 Å². The molecule has 0 unspecified atom stereocenters. The average Bonchev–Trinajstić information content (AvgIpc) is 2.28. The van der Waals surface area contributed by atoms with E-state index in [9.17, 15) is 0 Å². The first-order valence-electron chi connectivity index (χ1n) is 5.63. The minimum absolute atomic E-state index is 0.526. The lowest BCUT2D eigenvalue weighted by atomic mass is 10.0. The molecule has 0 radical (unpaired) electrons. The standard InChI is InChI=1S/C13H22N2O/c1-10(2)11-6-7-12(13(8-11)16-5)15(4)9-14-3/h6-8,10,14H,9H2,1-5H3. The van der Waals surface area contributed by atoms with E-state index in [1.165, 1.54) is 5.56 Å². The summed E-state index contributed by atoms with van der Waals surface area (Å²) in [5.41, 5.74) is 2.42. The molecule has 0 aliphatic rings. The first kappa shape index (κ1) is 12.8. The molecule has 90 valence electrons. The largest absolute Gasteiger partial charge is 0.495 e. The van der Waals surface area contributed by atoms with Gasteiger partial charge in [0.25, 0.3) is 0 Å². The van der Waals surface area contributed by atoms with Gasteiger partial charge in [0.15, 0.2) is 0 Å². The summed E-state index contributed by atoms with van der Waals surface area (Å²) in [6.07, 6.45) is 0. The topological polar surface area (TPSA) is 24.5 Å². The maximum Gasteiger partial charge on any atom is 0.142 e. The van der Waals surface area contributed by atoms with Crippen molar-refractivity contribution in [3.05, 3.63) is 23.8 Å². The summed E-state index contributed by atoms with van der Waals surface area (Å²) < 4.78 is 5.43. The van der Waals surface area contributed by atoms with Crippen LogP contribution in [0.4, 0.5) is 5.69 Å². The smallest absolute Gasteiger partial charge is 0.142 e. The zero-order valence-electron chi connectivity index (χ0n) is 10.9. The fourth-order valence-electron chi connectivity index (χ4n) is 1.69. The van der Waals surface area contributed by atoms with Crippen LogP contribution in [0.1, 0.15) is 25.3 Å². The van der Waals surface area contributed by atoms with E-state index < -0.39 is 0 Å². The van der Waals surface area contributed by atoms with E-state index in [0.717, 1.165) is 18.1 Å². The fraction of sp³-hybridized carbons (Fsp3) is 0.538. The molecule has 1 N–H and O–H groups in total. The molecule has 0 aromatic heterocycles. The highest BCUT2D eigenvalue weighted by Gasteiger charge is 2.09. The van der Waals surface area contributed by atoms with Crippen LogP contribution in [0.5, 0.6) is 5.75 Å². The molecule has 3 heteroatoms. The van der Waals surface area contributed by atoms with Crippen LogP contribution < -0.4 is 15.0 Å². The van der Waals surface area contributed by atoms with Gasteiger partial charge in [-0.2, -0.15) is 0 Å². The normalized spacial score (nSPS) is 10.6. The molecule has 0 saturated carbocycles. The van der Waals surface area contributed by atoms with Crippen molar-refractivity contribution in [3.8, 4) is 5.75 Å². The maximum absolute atomic E-state index is 5.43. The summed E-state index contributed by atoms with van der Waals surface area (Å²) in [7, 11) is 5.70. The molecule has 0 saturated heterocycles. The average molecular weight is 222 g/mol. The van der Waals surface area contributed by atoms with E-state index >= 15 is 0 Å². The van der Waals surface area contributed by atoms with Crippen molar-refractivity contribution in [1.29, 1.82) is 0 Å². The third-order valence-corrected chi connectivity index (χ3v) is 2.68. The zero-order valence-corrected chi connectivity index (χ0v) is 10.9. The van der Waals surface area contributed by atoms with Crippen molar-refractivity contribution in [2.24, 2.45) is 0 Å². The molecular formula is C13H22N2O. The van der Waals surface area contributed by atoms with Gasteiger partial charge in [-0.1, -0.05) is 19.9 Å². The van der Waals surface area contributed by atoms with Crippen LogP contribution in [0.15, 0.2) is 18.2 Å². The second kappa shape index (κ2) is 5.75. The molecule has 0 spiro atoms. The van der Waals surface area contributed by atoms with Crippen LogP contribution in [0.25, 0.3) is 0 Å². The Morgan fingerprint density at radius 3 is 2.56 bits per heavy atom. The Kier molecular flexibility index (Phi) is 4.62. The van der Waals surface area contributed by atoms with Gasteiger partial charge in [0.05, 0.1) is 19.5 Å². The summed E-state index contributed by atoms with van der Waals surface area (Å²) in [4.78, 5) is 2.13.